The van der Waals surface area contributed by atoms with E-state index in [1.165, 1.54) is 17.0 Å². The van der Waals surface area contributed by atoms with Crippen LogP contribution in [0, 0.1) is 5.82 Å². The predicted molar refractivity (Wildman–Crippen MR) is 144 cm³/mol. The summed E-state index contributed by atoms with van der Waals surface area (Å²) in [5, 5.41) is 8.47. The van der Waals surface area contributed by atoms with Crippen molar-refractivity contribution in [3.8, 4) is 0 Å². The van der Waals surface area contributed by atoms with E-state index in [1.54, 1.807) is 23.6 Å². The van der Waals surface area contributed by atoms with Gasteiger partial charge in [-0.3, -0.25) is 4.79 Å². The Kier molecular flexibility index (Phi) is 6.09. The number of amides is 1. The second-order valence-corrected chi connectivity index (χ2v) is 11.0. The maximum absolute atomic E-state index is 13.7. The molecule has 1 saturated heterocycles. The van der Waals surface area contributed by atoms with Gasteiger partial charge in [-0.1, -0.05) is 6.07 Å². The van der Waals surface area contributed by atoms with E-state index in [9.17, 15) is 9.18 Å². The highest BCUT2D eigenvalue weighted by Gasteiger charge is 2.38. The summed E-state index contributed by atoms with van der Waals surface area (Å²) in [5.74, 6) is 0.551. The van der Waals surface area contributed by atoms with Crippen molar-refractivity contribution < 1.29 is 18.7 Å². The molecule has 2 unspecified atom stereocenters. The zero-order valence-corrected chi connectivity index (χ0v) is 21.5. The minimum absolute atomic E-state index is 0.101. The lowest BCUT2D eigenvalue weighted by atomic mass is 9.92. The number of anilines is 2. The first-order chi connectivity index (χ1) is 17.9. The van der Waals surface area contributed by atoms with Gasteiger partial charge in [-0.15, -0.1) is 11.3 Å². The molecule has 37 heavy (non-hydrogen) atoms. The van der Waals surface area contributed by atoms with Gasteiger partial charge in [-0.25, -0.2) is 9.37 Å². The number of nitrogens with zero attached hydrogens (tertiary/aromatic N) is 1. The molecule has 1 aromatic carbocycles. The van der Waals surface area contributed by atoms with Crippen molar-refractivity contribution in [1.82, 2.24) is 4.98 Å². The Morgan fingerprint density at radius 3 is 2.95 bits per heavy atom. The van der Waals surface area contributed by atoms with Crippen LogP contribution in [0.15, 0.2) is 65.9 Å². The zero-order chi connectivity index (χ0) is 25.6. The van der Waals surface area contributed by atoms with E-state index in [4.69, 9.17) is 9.47 Å². The number of hydrogen-bond acceptors (Lipinski definition) is 6. The number of benzene rings is 1. The summed E-state index contributed by atoms with van der Waals surface area (Å²) in [6, 6.07) is 12.6. The Balaban J connectivity index is 1.32. The maximum Gasteiger partial charge on any atom is 0.260 e. The molecule has 2 N–H and O–H groups in total. The van der Waals surface area contributed by atoms with Crippen LogP contribution in [-0.4, -0.2) is 29.2 Å². The number of hydrogen-bond donors (Lipinski definition) is 2. The molecule has 3 aliphatic heterocycles. The summed E-state index contributed by atoms with van der Waals surface area (Å²) >= 11 is 1.73. The van der Waals surface area contributed by atoms with Crippen LogP contribution < -0.4 is 10.6 Å². The molecule has 3 aliphatic rings. The zero-order valence-electron chi connectivity index (χ0n) is 20.7. The molecule has 2 aromatic heterocycles. The normalized spacial score (nSPS) is 22.8. The minimum atomic E-state index is -0.672. The summed E-state index contributed by atoms with van der Waals surface area (Å²) in [4.78, 5) is 18.6. The number of nitrogens with one attached hydrogen (secondary N) is 2. The number of aromatic nitrogens is 1. The fourth-order valence-electron chi connectivity index (χ4n) is 5.29. The van der Waals surface area contributed by atoms with E-state index in [-0.39, 0.29) is 18.1 Å². The van der Waals surface area contributed by atoms with Crippen molar-refractivity contribution in [2.45, 2.75) is 50.9 Å². The van der Waals surface area contributed by atoms with Crippen LogP contribution >= 0.6 is 11.3 Å². The highest BCUT2D eigenvalue weighted by Crippen LogP contribution is 2.45. The molecule has 0 spiro atoms. The molecule has 5 heterocycles. The van der Waals surface area contributed by atoms with Gasteiger partial charge in [0.2, 0.25) is 0 Å². The number of ether oxygens (including phenoxy) is 2. The van der Waals surface area contributed by atoms with Crippen LogP contribution in [0.2, 0.25) is 0 Å². The largest absolute Gasteiger partial charge is 0.482 e. The van der Waals surface area contributed by atoms with Gasteiger partial charge in [-0.2, -0.15) is 0 Å². The van der Waals surface area contributed by atoms with E-state index in [0.29, 0.717) is 22.6 Å². The molecule has 1 fully saturated rings. The van der Waals surface area contributed by atoms with E-state index in [2.05, 4.69) is 33.1 Å². The summed E-state index contributed by atoms with van der Waals surface area (Å²) in [5.41, 5.74) is 2.74. The summed E-state index contributed by atoms with van der Waals surface area (Å²) in [6.45, 7) is 4.78. The number of carbonyl (C=O) groups is 1. The smallest absolute Gasteiger partial charge is 0.260 e. The highest BCUT2D eigenvalue weighted by atomic mass is 32.1. The van der Waals surface area contributed by atoms with Crippen molar-refractivity contribution in [2.24, 2.45) is 0 Å². The second kappa shape index (κ2) is 9.43. The number of carbonyl (C=O) groups excluding carboxylic acids is 1. The fraction of sp³-hybridized carbons (Fsp3) is 0.310. The standard InChI is InChI=1S/C29H28FN3O3S/c1-29(2)21(16-24(36-29)27-20-8-7-18(30)14-22(20)33-28(27)34)17-9-10-31-26(13-17)32-23(25-6-4-12-37-25)15-19-5-3-11-35-19/h4,6-10,12-14,16,19,23H,3,5,11,15H2,1-2H3,(H,31,32)(H,33,34)/b27-24+. The Morgan fingerprint density at radius 2 is 2.16 bits per heavy atom. The molecular formula is C29H28FN3O3S. The topological polar surface area (TPSA) is 72.5 Å². The molecule has 6 nitrogen and oxygen atoms in total. The van der Waals surface area contributed by atoms with Crippen LogP contribution in [0.4, 0.5) is 15.9 Å². The minimum Gasteiger partial charge on any atom is -0.482 e. The van der Waals surface area contributed by atoms with E-state index in [0.717, 1.165) is 42.8 Å². The lowest BCUT2D eigenvalue weighted by Crippen LogP contribution is -2.21. The number of allylic oxidation sites excluding steroid dienone is 1. The Hall–Kier alpha value is -3.49. The number of rotatable bonds is 6. The van der Waals surface area contributed by atoms with Crippen LogP contribution in [0.1, 0.15) is 55.2 Å². The van der Waals surface area contributed by atoms with Gasteiger partial charge in [0.25, 0.3) is 5.91 Å². The van der Waals surface area contributed by atoms with Crippen LogP contribution in [0.25, 0.3) is 11.1 Å². The molecule has 0 bridgehead atoms. The molecule has 0 radical (unpaired) electrons. The predicted octanol–water partition coefficient (Wildman–Crippen LogP) is 6.56. The van der Waals surface area contributed by atoms with Gasteiger partial charge in [0, 0.05) is 28.8 Å². The highest BCUT2D eigenvalue weighted by molar-refractivity contribution is 7.10. The molecule has 1 amide bonds. The molecule has 0 aliphatic carbocycles. The fourth-order valence-corrected chi connectivity index (χ4v) is 6.08. The lowest BCUT2D eigenvalue weighted by Gasteiger charge is -2.24. The lowest BCUT2D eigenvalue weighted by molar-refractivity contribution is -0.111. The molecule has 190 valence electrons. The molecule has 2 atom stereocenters. The first-order valence-electron chi connectivity index (χ1n) is 12.5. The van der Waals surface area contributed by atoms with Crippen LogP contribution in [0.5, 0.6) is 0 Å². The Bertz CT molecular complexity index is 1410. The Labute approximate surface area is 219 Å². The van der Waals surface area contributed by atoms with Gasteiger partial charge in [0.15, 0.2) is 0 Å². The summed E-state index contributed by atoms with van der Waals surface area (Å²) < 4.78 is 25.9. The molecular weight excluding hydrogens is 489 g/mol. The number of pyridine rings is 1. The SMILES string of the molecule is CC1(C)O/C(=C2/C(=O)Nc3cc(F)ccc32)C=C1c1ccnc(NC(CC2CCCO2)c2cccs2)c1. The van der Waals surface area contributed by atoms with Crippen LogP contribution in [0.3, 0.4) is 0 Å². The molecule has 0 saturated carbocycles. The summed E-state index contributed by atoms with van der Waals surface area (Å²) in [7, 11) is 0. The number of fused-ring (bicyclic) bond motifs is 1. The van der Waals surface area contributed by atoms with E-state index >= 15 is 0 Å². The Morgan fingerprint density at radius 1 is 1.27 bits per heavy atom. The van der Waals surface area contributed by atoms with E-state index < -0.39 is 11.4 Å². The van der Waals surface area contributed by atoms with Gasteiger partial charge in [0.05, 0.1) is 23.4 Å². The maximum atomic E-state index is 13.7. The van der Waals surface area contributed by atoms with Crippen LogP contribution in [-0.2, 0) is 14.3 Å². The van der Waals surface area contributed by atoms with Gasteiger partial charge in [0.1, 0.15) is 23.0 Å². The molecule has 3 aromatic rings. The first kappa shape index (κ1) is 23.9. The monoisotopic (exact) mass is 517 g/mol. The van der Waals surface area contributed by atoms with Crippen molar-refractivity contribution in [3.63, 3.8) is 0 Å². The summed E-state index contributed by atoms with van der Waals surface area (Å²) in [6.07, 6.45) is 7.02. The molecule has 6 rings (SSSR count). The van der Waals surface area contributed by atoms with Crippen molar-refractivity contribution in [3.05, 3.63) is 87.7 Å². The number of thiophene rings is 1. The average Bonchev–Trinajstić information content (AvgIpc) is 3.65. The quantitative estimate of drug-likeness (QED) is 0.362. The van der Waals surface area contributed by atoms with Gasteiger partial charge >= 0.3 is 0 Å². The third kappa shape index (κ3) is 4.67. The van der Waals surface area contributed by atoms with Crippen molar-refractivity contribution in [2.75, 3.05) is 17.2 Å². The third-order valence-corrected chi connectivity index (χ3v) is 8.05. The van der Waals surface area contributed by atoms with Gasteiger partial charge in [-0.05, 0) is 86.5 Å². The van der Waals surface area contributed by atoms with Crippen molar-refractivity contribution >= 4 is 39.9 Å². The molecule has 8 heteroatoms. The van der Waals surface area contributed by atoms with E-state index in [1.807, 2.05) is 32.1 Å². The van der Waals surface area contributed by atoms with Gasteiger partial charge < -0.3 is 20.1 Å². The number of halogens is 1. The van der Waals surface area contributed by atoms with Crippen molar-refractivity contribution in [1.29, 1.82) is 0 Å². The second-order valence-electron chi connectivity index (χ2n) is 10.1. The first-order valence-corrected chi connectivity index (χ1v) is 13.4. The average molecular weight is 518 g/mol. The third-order valence-electron chi connectivity index (χ3n) is 7.06.